The number of benzene rings is 1. The van der Waals surface area contributed by atoms with Crippen molar-refractivity contribution in [1.82, 2.24) is 29.6 Å². The number of nitrogens with zero attached hydrogens (tertiary/aromatic N) is 7. The molecule has 0 bridgehead atoms. The molecule has 2 aliphatic rings. The number of amides is 1. The Balaban J connectivity index is 1.28. The summed E-state index contributed by atoms with van der Waals surface area (Å²) < 4.78 is 1.77. The van der Waals surface area contributed by atoms with Gasteiger partial charge in [0.25, 0.3) is 5.91 Å². The normalized spacial score (nSPS) is 17.0. The summed E-state index contributed by atoms with van der Waals surface area (Å²) in [5.74, 6) is 1.63. The molecular weight excluding hydrogens is 414 g/mol. The first-order chi connectivity index (χ1) is 15.1. The maximum atomic E-state index is 13.4. The van der Waals surface area contributed by atoms with Crippen LogP contribution >= 0.6 is 11.6 Å². The summed E-state index contributed by atoms with van der Waals surface area (Å²) in [6.45, 7) is 3.56. The van der Waals surface area contributed by atoms with Gasteiger partial charge in [-0.3, -0.25) is 4.79 Å². The highest BCUT2D eigenvalue weighted by atomic mass is 35.5. The molecule has 1 amide bonds. The number of halogens is 1. The van der Waals surface area contributed by atoms with Crippen molar-refractivity contribution < 1.29 is 4.79 Å². The van der Waals surface area contributed by atoms with E-state index in [4.69, 9.17) is 11.6 Å². The van der Waals surface area contributed by atoms with E-state index in [2.05, 4.69) is 29.9 Å². The Kier molecular flexibility index (Phi) is 5.31. The Hall–Kier alpha value is -3.00. The second-order valence-electron chi connectivity index (χ2n) is 8.13. The van der Waals surface area contributed by atoms with Crippen molar-refractivity contribution in [1.29, 1.82) is 0 Å². The molecule has 3 heterocycles. The van der Waals surface area contributed by atoms with Crippen LogP contribution in [0.15, 0.2) is 43.0 Å². The number of carbonyl (C=O) groups excluding carboxylic acids is 1. The molecule has 1 aliphatic carbocycles. The average Bonchev–Trinajstić information content (AvgIpc) is 3.54. The van der Waals surface area contributed by atoms with Gasteiger partial charge in [0, 0.05) is 30.7 Å². The maximum Gasteiger partial charge on any atom is 0.254 e. The largest absolute Gasteiger partial charge is 0.341 e. The van der Waals surface area contributed by atoms with Gasteiger partial charge in [0.1, 0.15) is 12.2 Å². The highest BCUT2D eigenvalue weighted by Crippen LogP contribution is 2.34. The van der Waals surface area contributed by atoms with Crippen molar-refractivity contribution in [3.05, 3.63) is 59.4 Å². The number of carbonyl (C=O) groups is 1. The van der Waals surface area contributed by atoms with Crippen LogP contribution in [-0.2, 0) is 0 Å². The summed E-state index contributed by atoms with van der Waals surface area (Å²) in [6.07, 6.45) is 8.77. The Morgan fingerprint density at radius 2 is 1.65 bits per heavy atom. The fourth-order valence-corrected chi connectivity index (χ4v) is 4.34. The Labute approximate surface area is 185 Å². The van der Waals surface area contributed by atoms with Crippen LogP contribution in [0.1, 0.15) is 41.9 Å². The van der Waals surface area contributed by atoms with E-state index < -0.39 is 0 Å². The van der Waals surface area contributed by atoms with E-state index in [1.54, 1.807) is 17.1 Å². The number of hydrogen-bond acceptors (Lipinski definition) is 6. The summed E-state index contributed by atoms with van der Waals surface area (Å²) in [5.41, 5.74) is 1.62. The minimum Gasteiger partial charge on any atom is -0.341 e. The first kappa shape index (κ1) is 19.9. The van der Waals surface area contributed by atoms with Crippen LogP contribution in [-0.4, -0.2) is 60.7 Å². The first-order valence-corrected chi connectivity index (χ1v) is 11.0. The smallest absolute Gasteiger partial charge is 0.254 e. The van der Waals surface area contributed by atoms with E-state index in [0.717, 1.165) is 55.8 Å². The van der Waals surface area contributed by atoms with Gasteiger partial charge < -0.3 is 9.80 Å². The van der Waals surface area contributed by atoms with Crippen LogP contribution in [0.25, 0.3) is 5.69 Å². The van der Waals surface area contributed by atoms with E-state index in [1.807, 2.05) is 31.2 Å². The summed E-state index contributed by atoms with van der Waals surface area (Å²) in [4.78, 5) is 30.5. The molecule has 9 heteroatoms. The van der Waals surface area contributed by atoms with Gasteiger partial charge in [-0.05, 0) is 56.9 Å². The van der Waals surface area contributed by atoms with Crippen molar-refractivity contribution in [2.45, 2.75) is 44.7 Å². The van der Waals surface area contributed by atoms with E-state index in [-0.39, 0.29) is 11.9 Å². The van der Waals surface area contributed by atoms with Gasteiger partial charge in [-0.1, -0.05) is 11.6 Å². The number of rotatable bonds is 5. The summed E-state index contributed by atoms with van der Waals surface area (Å²) in [6, 6.07) is 8.24. The van der Waals surface area contributed by atoms with Crippen molar-refractivity contribution >= 4 is 23.5 Å². The fraction of sp³-hybridized carbons (Fsp3) is 0.409. The molecule has 1 aromatic carbocycles. The molecule has 0 atom stereocenters. The molecule has 0 unspecified atom stereocenters. The third-order valence-electron chi connectivity index (χ3n) is 6.00. The van der Waals surface area contributed by atoms with Crippen molar-refractivity contribution in [3.8, 4) is 5.69 Å². The number of piperidine rings is 1. The molecule has 2 aromatic heterocycles. The fourth-order valence-electron chi connectivity index (χ4n) is 4.24. The molecule has 1 aliphatic heterocycles. The lowest BCUT2D eigenvalue weighted by molar-refractivity contribution is 0.0630. The molecule has 0 radical (unpaired) electrons. The number of hydrogen-bond donors (Lipinski definition) is 0. The number of aryl methyl sites for hydroxylation is 1. The molecule has 1 saturated heterocycles. The molecule has 31 heavy (non-hydrogen) atoms. The van der Waals surface area contributed by atoms with E-state index >= 15 is 0 Å². The van der Waals surface area contributed by atoms with Gasteiger partial charge in [-0.15, -0.1) is 0 Å². The van der Waals surface area contributed by atoms with Gasteiger partial charge in [0.15, 0.2) is 0 Å². The molecule has 8 nitrogen and oxygen atoms in total. The maximum absolute atomic E-state index is 13.4. The molecule has 0 spiro atoms. The van der Waals surface area contributed by atoms with Gasteiger partial charge in [-0.2, -0.15) is 5.10 Å². The Bertz CT molecular complexity index is 1050. The number of aromatic nitrogens is 5. The lowest BCUT2D eigenvalue weighted by Gasteiger charge is -2.39. The molecule has 1 saturated carbocycles. The molecule has 2 fully saturated rings. The quantitative estimate of drug-likeness (QED) is 0.609. The highest BCUT2D eigenvalue weighted by Gasteiger charge is 2.39. The van der Waals surface area contributed by atoms with Crippen LogP contribution in [0.2, 0.25) is 5.02 Å². The Morgan fingerprint density at radius 3 is 2.23 bits per heavy atom. The van der Waals surface area contributed by atoms with Gasteiger partial charge in [0.2, 0.25) is 5.95 Å². The third-order valence-corrected chi connectivity index (χ3v) is 6.19. The zero-order chi connectivity index (χ0) is 21.4. The van der Waals surface area contributed by atoms with Gasteiger partial charge in [-0.25, -0.2) is 19.6 Å². The summed E-state index contributed by atoms with van der Waals surface area (Å²) >= 11 is 5.90. The SMILES string of the molecule is Cc1ncnn1-c1ccc(C(=O)N(C2CC2)C2CCN(c3ncc(Cl)cn3)CC2)cc1. The average molecular weight is 438 g/mol. The monoisotopic (exact) mass is 437 g/mol. The van der Waals surface area contributed by atoms with Crippen molar-refractivity contribution in [3.63, 3.8) is 0 Å². The first-order valence-electron chi connectivity index (χ1n) is 10.6. The van der Waals surface area contributed by atoms with Crippen LogP contribution in [0.5, 0.6) is 0 Å². The minimum absolute atomic E-state index is 0.116. The van der Waals surface area contributed by atoms with E-state index in [0.29, 0.717) is 17.0 Å². The minimum atomic E-state index is 0.116. The van der Waals surface area contributed by atoms with Gasteiger partial charge in [0.05, 0.1) is 23.1 Å². The molecular formula is C22H24ClN7O. The second-order valence-corrected chi connectivity index (χ2v) is 8.57. The van der Waals surface area contributed by atoms with Crippen molar-refractivity contribution in [2.24, 2.45) is 0 Å². The predicted molar refractivity (Wildman–Crippen MR) is 118 cm³/mol. The molecule has 160 valence electrons. The van der Waals surface area contributed by atoms with E-state index in [1.165, 1.54) is 6.33 Å². The van der Waals surface area contributed by atoms with Gasteiger partial charge >= 0.3 is 0 Å². The zero-order valence-corrected chi connectivity index (χ0v) is 18.1. The predicted octanol–water partition coefficient (Wildman–Crippen LogP) is 3.29. The number of anilines is 1. The second kappa shape index (κ2) is 8.26. The van der Waals surface area contributed by atoms with Crippen molar-refractivity contribution in [2.75, 3.05) is 18.0 Å². The van der Waals surface area contributed by atoms with Crippen LogP contribution in [0, 0.1) is 6.92 Å². The standard InChI is InChI=1S/C22H24ClN7O/c1-15-26-14-27-30(15)20-4-2-16(3-5-20)21(31)29(18-6-7-18)19-8-10-28(11-9-19)22-24-12-17(23)13-25-22/h2-5,12-14,18-19H,6-11H2,1H3. The lowest BCUT2D eigenvalue weighted by Crippen LogP contribution is -2.48. The summed E-state index contributed by atoms with van der Waals surface area (Å²) in [7, 11) is 0. The molecule has 5 rings (SSSR count). The lowest BCUT2D eigenvalue weighted by atomic mass is 10.0. The highest BCUT2D eigenvalue weighted by molar-refractivity contribution is 6.30. The van der Waals surface area contributed by atoms with Crippen LogP contribution in [0.3, 0.4) is 0 Å². The zero-order valence-electron chi connectivity index (χ0n) is 17.4. The third kappa shape index (κ3) is 4.12. The molecule has 3 aromatic rings. The van der Waals surface area contributed by atoms with Crippen LogP contribution in [0.4, 0.5) is 5.95 Å². The Morgan fingerprint density at radius 1 is 1.00 bits per heavy atom. The summed E-state index contributed by atoms with van der Waals surface area (Å²) in [5, 5.41) is 4.77. The topological polar surface area (TPSA) is 80.0 Å². The molecule has 0 N–H and O–H groups in total. The van der Waals surface area contributed by atoms with Crippen LogP contribution < -0.4 is 4.90 Å². The van der Waals surface area contributed by atoms with E-state index in [9.17, 15) is 4.79 Å².